The predicted molar refractivity (Wildman–Crippen MR) is 86.3 cm³/mol. The molecule has 2 N–H and O–H groups in total. The van der Waals surface area contributed by atoms with Gasteiger partial charge in [0.2, 0.25) is 10.0 Å². The molecule has 1 aromatic heterocycles. The molecular formula is C15H18N2O2S2. The summed E-state index contributed by atoms with van der Waals surface area (Å²) >= 11 is 1.59. The second-order valence-corrected chi connectivity index (χ2v) is 7.76. The Kier molecular flexibility index (Phi) is 4.01. The highest BCUT2D eigenvalue weighted by atomic mass is 32.2. The smallest absolute Gasteiger partial charge is 0.240 e. The fraction of sp³-hybridized carbons (Fsp3) is 0.333. The first kappa shape index (κ1) is 14.6. The van der Waals surface area contributed by atoms with Crippen LogP contribution in [0.2, 0.25) is 0 Å². The standard InChI is InChI=1S/C15H18N2O2S2/c1-11-9-20-10-13(11)8-17-21(18,19)14-4-5-15-12(7-14)3-2-6-16-15/h4-5,7,9-10,16-17H,2-3,6,8H2,1H3. The Balaban J connectivity index is 1.80. The van der Waals surface area contributed by atoms with Gasteiger partial charge in [-0.2, -0.15) is 11.3 Å². The maximum atomic E-state index is 12.4. The molecule has 0 fully saturated rings. The van der Waals surface area contributed by atoms with Crippen LogP contribution in [0, 0.1) is 6.92 Å². The molecule has 0 amide bonds. The number of hydrogen-bond acceptors (Lipinski definition) is 4. The minimum absolute atomic E-state index is 0.340. The van der Waals surface area contributed by atoms with Crippen molar-refractivity contribution in [2.24, 2.45) is 0 Å². The highest BCUT2D eigenvalue weighted by Gasteiger charge is 2.17. The van der Waals surface area contributed by atoms with Gasteiger partial charge in [-0.05, 0) is 65.4 Å². The molecule has 1 aliphatic heterocycles. The van der Waals surface area contributed by atoms with Crippen LogP contribution in [0.5, 0.6) is 0 Å². The Morgan fingerprint density at radius 3 is 2.95 bits per heavy atom. The van der Waals surface area contributed by atoms with Crippen molar-refractivity contribution in [3.8, 4) is 0 Å². The zero-order valence-electron chi connectivity index (χ0n) is 11.8. The largest absolute Gasteiger partial charge is 0.385 e. The van der Waals surface area contributed by atoms with E-state index < -0.39 is 10.0 Å². The number of thiophene rings is 1. The quantitative estimate of drug-likeness (QED) is 0.910. The second kappa shape index (κ2) is 5.79. The number of aryl methyl sites for hydroxylation is 2. The minimum Gasteiger partial charge on any atom is -0.385 e. The Labute approximate surface area is 129 Å². The van der Waals surface area contributed by atoms with Crippen molar-refractivity contribution in [1.29, 1.82) is 0 Å². The van der Waals surface area contributed by atoms with Crippen molar-refractivity contribution in [3.63, 3.8) is 0 Å². The van der Waals surface area contributed by atoms with Crippen LogP contribution in [0.25, 0.3) is 0 Å². The van der Waals surface area contributed by atoms with E-state index in [1.165, 1.54) is 0 Å². The number of sulfonamides is 1. The van der Waals surface area contributed by atoms with Crippen molar-refractivity contribution in [2.75, 3.05) is 11.9 Å². The highest BCUT2D eigenvalue weighted by Crippen LogP contribution is 2.25. The lowest BCUT2D eigenvalue weighted by molar-refractivity contribution is 0.581. The molecule has 0 radical (unpaired) electrons. The molecule has 2 heterocycles. The number of nitrogens with one attached hydrogen (secondary N) is 2. The Morgan fingerprint density at radius 1 is 1.33 bits per heavy atom. The fourth-order valence-corrected chi connectivity index (χ4v) is 4.36. The van der Waals surface area contributed by atoms with E-state index >= 15 is 0 Å². The van der Waals surface area contributed by atoms with E-state index in [-0.39, 0.29) is 0 Å². The van der Waals surface area contributed by atoms with Gasteiger partial charge in [0.1, 0.15) is 0 Å². The topological polar surface area (TPSA) is 58.2 Å². The molecule has 0 spiro atoms. The summed E-state index contributed by atoms with van der Waals surface area (Å²) in [4.78, 5) is 0.345. The average molecular weight is 322 g/mol. The molecule has 4 nitrogen and oxygen atoms in total. The summed E-state index contributed by atoms with van der Waals surface area (Å²) in [5, 5.41) is 7.29. The van der Waals surface area contributed by atoms with Gasteiger partial charge in [0.15, 0.2) is 0 Å². The van der Waals surface area contributed by atoms with E-state index in [0.717, 1.165) is 41.8 Å². The summed E-state index contributed by atoms with van der Waals surface area (Å²) in [6, 6.07) is 5.31. The minimum atomic E-state index is -3.46. The fourth-order valence-electron chi connectivity index (χ4n) is 2.44. The zero-order valence-corrected chi connectivity index (χ0v) is 13.5. The maximum absolute atomic E-state index is 12.4. The molecule has 0 saturated heterocycles. The van der Waals surface area contributed by atoms with Crippen LogP contribution in [-0.2, 0) is 23.0 Å². The third kappa shape index (κ3) is 3.12. The van der Waals surface area contributed by atoms with Crippen molar-refractivity contribution >= 4 is 27.0 Å². The van der Waals surface area contributed by atoms with Gasteiger partial charge in [0, 0.05) is 18.8 Å². The molecule has 0 aliphatic carbocycles. The number of hydrogen-bond donors (Lipinski definition) is 2. The van der Waals surface area contributed by atoms with Gasteiger partial charge in [0.25, 0.3) is 0 Å². The molecule has 6 heteroatoms. The van der Waals surface area contributed by atoms with Crippen molar-refractivity contribution < 1.29 is 8.42 Å². The first-order valence-corrected chi connectivity index (χ1v) is 9.37. The number of rotatable bonds is 4. The van der Waals surface area contributed by atoms with Gasteiger partial charge < -0.3 is 5.32 Å². The summed E-state index contributed by atoms with van der Waals surface area (Å²) in [5.41, 5.74) is 4.28. The number of benzene rings is 1. The van der Waals surface area contributed by atoms with E-state index in [4.69, 9.17) is 0 Å². The van der Waals surface area contributed by atoms with Gasteiger partial charge in [-0.15, -0.1) is 0 Å². The third-order valence-corrected chi connectivity index (χ3v) is 6.05. The first-order valence-electron chi connectivity index (χ1n) is 6.94. The third-order valence-electron chi connectivity index (χ3n) is 3.74. The summed E-state index contributed by atoms with van der Waals surface area (Å²) in [6.07, 6.45) is 1.97. The predicted octanol–water partition coefficient (Wildman–Crippen LogP) is 2.89. The van der Waals surface area contributed by atoms with Crippen LogP contribution in [0.4, 0.5) is 5.69 Å². The van der Waals surface area contributed by atoms with Gasteiger partial charge in [-0.3, -0.25) is 0 Å². The lowest BCUT2D eigenvalue weighted by Crippen LogP contribution is -2.24. The monoisotopic (exact) mass is 322 g/mol. The van der Waals surface area contributed by atoms with Gasteiger partial charge in [-0.1, -0.05) is 0 Å². The molecular weight excluding hydrogens is 304 g/mol. The second-order valence-electron chi connectivity index (χ2n) is 5.25. The van der Waals surface area contributed by atoms with Crippen LogP contribution >= 0.6 is 11.3 Å². The molecule has 1 aromatic carbocycles. The average Bonchev–Trinajstić information content (AvgIpc) is 2.90. The van der Waals surface area contributed by atoms with Gasteiger partial charge >= 0.3 is 0 Å². The normalized spacial score (nSPS) is 14.5. The molecule has 112 valence electrons. The van der Waals surface area contributed by atoms with Crippen LogP contribution < -0.4 is 10.0 Å². The van der Waals surface area contributed by atoms with E-state index in [0.29, 0.717) is 11.4 Å². The van der Waals surface area contributed by atoms with Gasteiger partial charge in [0.05, 0.1) is 4.90 Å². The van der Waals surface area contributed by atoms with Crippen LogP contribution in [-0.4, -0.2) is 15.0 Å². The molecule has 0 bridgehead atoms. The molecule has 1 aliphatic rings. The number of fused-ring (bicyclic) bond motifs is 1. The van der Waals surface area contributed by atoms with Gasteiger partial charge in [-0.25, -0.2) is 13.1 Å². The highest BCUT2D eigenvalue weighted by molar-refractivity contribution is 7.89. The number of anilines is 1. The van der Waals surface area contributed by atoms with E-state index in [1.54, 1.807) is 23.5 Å². The summed E-state index contributed by atoms with van der Waals surface area (Å²) in [5.74, 6) is 0. The molecule has 3 rings (SSSR count). The summed E-state index contributed by atoms with van der Waals surface area (Å²) in [7, 11) is -3.46. The van der Waals surface area contributed by atoms with Crippen LogP contribution in [0.1, 0.15) is 23.1 Å². The zero-order chi connectivity index (χ0) is 14.9. The van der Waals surface area contributed by atoms with Crippen molar-refractivity contribution in [1.82, 2.24) is 4.72 Å². The lowest BCUT2D eigenvalue weighted by atomic mass is 10.0. The summed E-state index contributed by atoms with van der Waals surface area (Å²) in [6.45, 7) is 3.28. The van der Waals surface area contributed by atoms with E-state index in [1.807, 2.05) is 23.8 Å². The first-order chi connectivity index (χ1) is 10.1. The Hall–Kier alpha value is -1.37. The molecule has 2 aromatic rings. The van der Waals surface area contributed by atoms with Crippen LogP contribution in [0.15, 0.2) is 33.9 Å². The molecule has 0 saturated carbocycles. The Morgan fingerprint density at radius 2 is 2.19 bits per heavy atom. The summed E-state index contributed by atoms with van der Waals surface area (Å²) < 4.78 is 27.5. The van der Waals surface area contributed by atoms with Crippen molar-refractivity contribution in [2.45, 2.75) is 31.2 Å². The molecule has 0 unspecified atom stereocenters. The van der Waals surface area contributed by atoms with E-state index in [2.05, 4.69) is 10.0 Å². The van der Waals surface area contributed by atoms with Crippen LogP contribution in [0.3, 0.4) is 0 Å². The SMILES string of the molecule is Cc1cscc1CNS(=O)(=O)c1ccc2c(c1)CCCN2. The Bertz CT molecular complexity index is 751. The lowest BCUT2D eigenvalue weighted by Gasteiger charge is -2.18. The molecule has 21 heavy (non-hydrogen) atoms. The van der Waals surface area contributed by atoms with Crippen molar-refractivity contribution in [3.05, 3.63) is 45.6 Å². The van der Waals surface area contributed by atoms with E-state index in [9.17, 15) is 8.42 Å². The maximum Gasteiger partial charge on any atom is 0.240 e. The molecule has 0 atom stereocenters.